The van der Waals surface area contributed by atoms with Gasteiger partial charge in [0.1, 0.15) is 9.37 Å². The average molecular weight is 457 g/mol. The number of hydrogen-bond acceptors (Lipinski definition) is 7. The molecule has 2 aromatic heterocycles. The fraction of sp³-hybridized carbons (Fsp3) is 0.188. The van der Waals surface area contributed by atoms with Crippen molar-refractivity contribution in [2.24, 2.45) is 0 Å². The number of halogens is 1. The third-order valence-electron chi connectivity index (χ3n) is 3.81. The molecule has 0 saturated carbocycles. The highest BCUT2D eigenvalue weighted by molar-refractivity contribution is 9.10. The van der Waals surface area contributed by atoms with Crippen molar-refractivity contribution >= 4 is 43.2 Å². The number of ether oxygens (including phenoxy) is 2. The van der Waals surface area contributed by atoms with E-state index in [0.717, 1.165) is 5.56 Å². The quantitative estimate of drug-likeness (QED) is 0.625. The number of nitrogens with one attached hydrogen (secondary N) is 1. The van der Waals surface area contributed by atoms with Crippen LogP contribution < -0.4 is 14.2 Å². The van der Waals surface area contributed by atoms with Crippen molar-refractivity contribution in [1.82, 2.24) is 5.16 Å². The average Bonchev–Trinajstić information content (AvgIpc) is 3.32. The highest BCUT2D eigenvalue weighted by Gasteiger charge is 2.24. The van der Waals surface area contributed by atoms with Gasteiger partial charge in [-0.3, -0.25) is 0 Å². The fourth-order valence-corrected chi connectivity index (χ4v) is 5.38. The number of nitrogens with zero attached hydrogens (tertiary/aromatic N) is 1. The molecule has 0 radical (unpaired) electrons. The van der Waals surface area contributed by atoms with Crippen LogP contribution in [0.4, 0.5) is 5.88 Å². The Morgan fingerprint density at radius 1 is 1.27 bits per heavy atom. The second-order valence-corrected chi connectivity index (χ2v) is 9.03. The first-order valence-electron chi connectivity index (χ1n) is 7.53. The van der Waals surface area contributed by atoms with Gasteiger partial charge in [-0.1, -0.05) is 11.2 Å². The molecule has 136 valence electrons. The number of sulfonamides is 1. The Balaban J connectivity index is 1.61. The van der Waals surface area contributed by atoms with Gasteiger partial charge in [-0.05, 0) is 52.0 Å². The highest BCUT2D eigenvalue weighted by atomic mass is 79.9. The summed E-state index contributed by atoms with van der Waals surface area (Å²) >= 11 is 4.64. The normalized spacial score (nSPS) is 13.2. The smallest absolute Gasteiger partial charge is 0.265 e. The Morgan fingerprint density at radius 2 is 2.08 bits per heavy atom. The van der Waals surface area contributed by atoms with E-state index >= 15 is 0 Å². The van der Waals surface area contributed by atoms with Crippen molar-refractivity contribution in [2.75, 3.05) is 11.5 Å². The first-order valence-corrected chi connectivity index (χ1v) is 10.7. The van der Waals surface area contributed by atoms with Crippen molar-refractivity contribution in [1.29, 1.82) is 0 Å². The predicted octanol–water partition coefficient (Wildman–Crippen LogP) is 3.93. The number of thiophene rings is 1. The van der Waals surface area contributed by atoms with E-state index in [-0.39, 0.29) is 17.6 Å². The Kier molecular flexibility index (Phi) is 4.41. The van der Waals surface area contributed by atoms with E-state index in [1.54, 1.807) is 18.4 Å². The first-order chi connectivity index (χ1) is 12.4. The molecule has 0 aliphatic carbocycles. The number of rotatable bonds is 5. The van der Waals surface area contributed by atoms with E-state index in [2.05, 4.69) is 25.8 Å². The molecule has 0 spiro atoms. The number of anilines is 1. The lowest BCUT2D eigenvalue weighted by molar-refractivity contribution is 0.174. The molecule has 3 aromatic rings. The van der Waals surface area contributed by atoms with Crippen molar-refractivity contribution in [3.05, 3.63) is 50.3 Å². The maximum Gasteiger partial charge on any atom is 0.265 e. The number of hydrogen-bond donors (Lipinski definition) is 1. The van der Waals surface area contributed by atoms with Gasteiger partial charge < -0.3 is 14.0 Å². The maximum absolute atomic E-state index is 12.8. The molecular formula is C16H13BrN2O5S2. The van der Waals surface area contributed by atoms with Gasteiger partial charge in [-0.2, -0.15) is 0 Å². The summed E-state index contributed by atoms with van der Waals surface area (Å²) in [5.41, 5.74) is 1.50. The largest absolute Gasteiger partial charge is 0.454 e. The van der Waals surface area contributed by atoms with Crippen LogP contribution in [0.5, 0.6) is 11.5 Å². The lowest BCUT2D eigenvalue weighted by Gasteiger charge is -2.07. The van der Waals surface area contributed by atoms with Crippen LogP contribution in [0.15, 0.2) is 43.5 Å². The number of fused-ring (bicyclic) bond motifs is 1. The number of aromatic nitrogens is 1. The van der Waals surface area contributed by atoms with E-state index in [0.29, 0.717) is 33.0 Å². The second kappa shape index (κ2) is 6.60. The van der Waals surface area contributed by atoms with E-state index in [1.165, 1.54) is 11.3 Å². The van der Waals surface area contributed by atoms with Crippen LogP contribution in [0.2, 0.25) is 0 Å². The summed E-state index contributed by atoms with van der Waals surface area (Å²) in [6.45, 7) is 1.91. The topological polar surface area (TPSA) is 90.7 Å². The van der Waals surface area contributed by atoms with Crippen LogP contribution in [0, 0.1) is 6.92 Å². The first kappa shape index (κ1) is 17.4. The van der Waals surface area contributed by atoms with E-state index < -0.39 is 10.0 Å². The Bertz CT molecular complexity index is 1070. The van der Waals surface area contributed by atoms with Gasteiger partial charge in [-0.25, -0.2) is 13.1 Å². The predicted molar refractivity (Wildman–Crippen MR) is 99.4 cm³/mol. The monoisotopic (exact) mass is 456 g/mol. The SMILES string of the molecule is Cc1noc(NS(=O)(=O)c2ccsc2Cc2ccc3c(c2)OCO3)c1Br. The van der Waals surface area contributed by atoms with E-state index in [9.17, 15) is 8.42 Å². The molecule has 1 aromatic carbocycles. The van der Waals surface area contributed by atoms with Crippen LogP contribution in [-0.2, 0) is 16.4 Å². The van der Waals surface area contributed by atoms with Gasteiger partial charge >= 0.3 is 0 Å². The van der Waals surface area contributed by atoms with Crippen LogP contribution in [0.3, 0.4) is 0 Å². The molecule has 0 bridgehead atoms. The molecule has 1 aliphatic rings. The molecule has 1 N–H and O–H groups in total. The van der Waals surface area contributed by atoms with E-state index in [4.69, 9.17) is 14.0 Å². The summed E-state index contributed by atoms with van der Waals surface area (Å²) in [7, 11) is -3.80. The van der Waals surface area contributed by atoms with Crippen molar-refractivity contribution in [3.8, 4) is 11.5 Å². The molecule has 4 rings (SSSR count). The molecule has 1 aliphatic heterocycles. The van der Waals surface area contributed by atoms with E-state index in [1.807, 2.05) is 18.2 Å². The van der Waals surface area contributed by atoms with Crippen LogP contribution in [0.25, 0.3) is 0 Å². The van der Waals surface area contributed by atoms with Gasteiger partial charge in [0.2, 0.25) is 6.79 Å². The van der Waals surface area contributed by atoms with Crippen molar-refractivity contribution in [3.63, 3.8) is 0 Å². The number of benzene rings is 1. The fourth-order valence-electron chi connectivity index (χ4n) is 2.53. The summed E-state index contributed by atoms with van der Waals surface area (Å²) < 4.78 is 44.1. The van der Waals surface area contributed by atoms with Gasteiger partial charge in [0.15, 0.2) is 11.5 Å². The van der Waals surface area contributed by atoms with Crippen LogP contribution in [-0.4, -0.2) is 20.4 Å². The zero-order chi connectivity index (χ0) is 18.3. The Labute approximate surface area is 162 Å². The minimum Gasteiger partial charge on any atom is -0.454 e. The van der Waals surface area contributed by atoms with Crippen molar-refractivity contribution < 1.29 is 22.4 Å². The molecule has 0 atom stereocenters. The molecule has 0 unspecified atom stereocenters. The molecule has 10 heteroatoms. The molecule has 26 heavy (non-hydrogen) atoms. The maximum atomic E-state index is 12.8. The lowest BCUT2D eigenvalue weighted by Crippen LogP contribution is -2.13. The third kappa shape index (κ3) is 3.19. The summed E-state index contributed by atoms with van der Waals surface area (Å²) in [4.78, 5) is 0.921. The zero-order valence-electron chi connectivity index (χ0n) is 13.5. The minimum atomic E-state index is -3.80. The Morgan fingerprint density at radius 3 is 2.85 bits per heavy atom. The summed E-state index contributed by atoms with van der Waals surface area (Å²) in [5, 5.41) is 5.48. The van der Waals surface area contributed by atoms with Crippen molar-refractivity contribution in [2.45, 2.75) is 18.2 Å². The van der Waals surface area contributed by atoms with Gasteiger partial charge in [0.25, 0.3) is 15.9 Å². The number of aryl methyl sites for hydroxylation is 1. The highest BCUT2D eigenvalue weighted by Crippen LogP contribution is 2.35. The Hall–Kier alpha value is -2.04. The van der Waals surface area contributed by atoms with Gasteiger partial charge in [0, 0.05) is 11.3 Å². The summed E-state index contributed by atoms with van der Waals surface area (Å²) in [5.74, 6) is 1.42. The summed E-state index contributed by atoms with van der Waals surface area (Å²) in [6.07, 6.45) is 0.459. The molecule has 0 amide bonds. The standard InChI is InChI=1S/C16H13BrN2O5S2/c1-9-15(17)16(24-18-9)19-26(20,21)14-4-5-25-13(14)7-10-2-3-11-12(6-10)23-8-22-11/h2-6,19H,7-8H2,1H3. The molecular weight excluding hydrogens is 444 g/mol. The molecule has 3 heterocycles. The van der Waals surface area contributed by atoms with Crippen LogP contribution >= 0.6 is 27.3 Å². The second-order valence-electron chi connectivity index (χ2n) is 5.59. The zero-order valence-corrected chi connectivity index (χ0v) is 16.7. The third-order valence-corrected chi connectivity index (χ3v) is 7.21. The van der Waals surface area contributed by atoms with Gasteiger partial charge in [0.05, 0.1) is 5.69 Å². The van der Waals surface area contributed by atoms with Crippen LogP contribution in [0.1, 0.15) is 16.1 Å². The molecule has 0 fully saturated rings. The molecule has 0 saturated heterocycles. The lowest BCUT2D eigenvalue weighted by atomic mass is 10.1. The molecule has 7 nitrogen and oxygen atoms in total. The minimum absolute atomic E-state index is 0.0581. The summed E-state index contributed by atoms with van der Waals surface area (Å²) in [6, 6.07) is 7.16. The van der Waals surface area contributed by atoms with Gasteiger partial charge in [-0.15, -0.1) is 11.3 Å².